The molecule has 0 amide bonds. The summed E-state index contributed by atoms with van der Waals surface area (Å²) in [5.74, 6) is 0.879. The Morgan fingerprint density at radius 1 is 1.29 bits per heavy atom. The summed E-state index contributed by atoms with van der Waals surface area (Å²) < 4.78 is 0. The number of benzene rings is 2. The number of nitrogens with one attached hydrogen (secondary N) is 1. The van der Waals surface area contributed by atoms with Crippen LogP contribution in [0.3, 0.4) is 0 Å². The van der Waals surface area contributed by atoms with Gasteiger partial charge in [0.2, 0.25) is 0 Å². The SMILES string of the molecule is CCNc1cc(CSc2ccccc2O)ccc1[N+](=O)[O-]. The molecule has 0 aliphatic carbocycles. The Bertz CT molecular complexity index is 647. The fraction of sp³-hybridized carbons (Fsp3) is 0.200. The summed E-state index contributed by atoms with van der Waals surface area (Å²) in [7, 11) is 0. The molecule has 0 unspecified atom stereocenters. The minimum absolute atomic E-state index is 0.0770. The number of hydrogen-bond acceptors (Lipinski definition) is 5. The minimum Gasteiger partial charge on any atom is -0.507 e. The molecule has 0 aliphatic heterocycles. The van der Waals surface area contributed by atoms with Crippen LogP contribution < -0.4 is 5.32 Å². The summed E-state index contributed by atoms with van der Waals surface area (Å²) in [4.78, 5) is 11.4. The molecule has 5 nitrogen and oxygen atoms in total. The van der Waals surface area contributed by atoms with Crippen molar-refractivity contribution in [3.05, 3.63) is 58.1 Å². The first-order chi connectivity index (χ1) is 10.1. The molecule has 2 aromatic carbocycles. The van der Waals surface area contributed by atoms with Crippen LogP contribution in [0.5, 0.6) is 5.75 Å². The van der Waals surface area contributed by atoms with E-state index in [2.05, 4.69) is 5.32 Å². The van der Waals surface area contributed by atoms with Gasteiger partial charge in [0.25, 0.3) is 5.69 Å². The largest absolute Gasteiger partial charge is 0.507 e. The summed E-state index contributed by atoms with van der Waals surface area (Å²) in [6, 6.07) is 12.2. The van der Waals surface area contributed by atoms with Gasteiger partial charge in [0.1, 0.15) is 11.4 Å². The number of anilines is 1. The highest BCUT2D eigenvalue weighted by atomic mass is 32.2. The topological polar surface area (TPSA) is 75.4 Å². The van der Waals surface area contributed by atoms with Gasteiger partial charge < -0.3 is 10.4 Å². The summed E-state index contributed by atoms with van der Waals surface area (Å²) in [5, 5.41) is 23.7. The molecular weight excluding hydrogens is 288 g/mol. The summed E-state index contributed by atoms with van der Waals surface area (Å²) >= 11 is 1.49. The molecule has 2 rings (SSSR count). The molecule has 2 aromatic rings. The van der Waals surface area contributed by atoms with Gasteiger partial charge in [0.05, 0.1) is 4.92 Å². The van der Waals surface area contributed by atoms with Crippen molar-refractivity contribution >= 4 is 23.1 Å². The Morgan fingerprint density at radius 3 is 2.71 bits per heavy atom. The van der Waals surface area contributed by atoms with Crippen molar-refractivity contribution in [3.63, 3.8) is 0 Å². The van der Waals surface area contributed by atoms with Gasteiger partial charge in [-0.3, -0.25) is 10.1 Å². The zero-order chi connectivity index (χ0) is 15.2. The Kier molecular flexibility index (Phi) is 5.05. The average molecular weight is 304 g/mol. The Balaban J connectivity index is 2.15. The summed E-state index contributed by atoms with van der Waals surface area (Å²) in [6.45, 7) is 2.52. The van der Waals surface area contributed by atoms with Gasteiger partial charge in [0, 0.05) is 23.3 Å². The fourth-order valence-corrected chi connectivity index (χ4v) is 2.80. The first kappa shape index (κ1) is 15.2. The lowest BCUT2D eigenvalue weighted by molar-refractivity contribution is -0.384. The Morgan fingerprint density at radius 2 is 2.05 bits per heavy atom. The summed E-state index contributed by atoms with van der Waals surface area (Å²) in [6.07, 6.45) is 0. The third kappa shape index (κ3) is 3.88. The second kappa shape index (κ2) is 6.99. The highest BCUT2D eigenvalue weighted by Gasteiger charge is 2.13. The van der Waals surface area contributed by atoms with E-state index in [1.54, 1.807) is 24.3 Å². The molecule has 0 bridgehead atoms. The molecule has 0 saturated carbocycles. The van der Waals surface area contributed by atoms with Crippen LogP contribution in [0.1, 0.15) is 12.5 Å². The Hall–Kier alpha value is -2.21. The number of nitrogens with zero attached hydrogens (tertiary/aromatic N) is 1. The molecule has 0 aliphatic rings. The van der Waals surface area contributed by atoms with Crippen LogP contribution in [0.2, 0.25) is 0 Å². The lowest BCUT2D eigenvalue weighted by Gasteiger charge is -2.08. The van der Waals surface area contributed by atoms with Crippen molar-refractivity contribution < 1.29 is 10.0 Å². The van der Waals surface area contributed by atoms with Gasteiger partial charge in [-0.15, -0.1) is 11.8 Å². The quantitative estimate of drug-likeness (QED) is 0.479. The highest BCUT2D eigenvalue weighted by Crippen LogP contribution is 2.32. The van der Waals surface area contributed by atoms with Crippen molar-refractivity contribution in [2.24, 2.45) is 0 Å². The predicted octanol–water partition coefficient (Wildman–Crippen LogP) is 4.02. The molecule has 0 spiro atoms. The van der Waals surface area contributed by atoms with Gasteiger partial charge in [-0.1, -0.05) is 18.2 Å². The number of phenolic OH excluding ortho intramolecular Hbond substituents is 1. The first-order valence-corrected chi connectivity index (χ1v) is 7.52. The number of para-hydroxylation sites is 1. The van der Waals surface area contributed by atoms with Crippen molar-refractivity contribution in [3.8, 4) is 5.75 Å². The molecule has 0 aromatic heterocycles. The van der Waals surface area contributed by atoms with Crippen molar-refractivity contribution in [2.75, 3.05) is 11.9 Å². The molecule has 2 N–H and O–H groups in total. The minimum atomic E-state index is -0.391. The standard InChI is InChI=1S/C15H16N2O3S/c1-2-16-12-9-11(7-8-13(12)17(19)20)10-21-15-6-4-3-5-14(15)18/h3-9,16,18H,2,10H2,1H3. The van der Waals surface area contributed by atoms with E-state index in [0.717, 1.165) is 10.5 Å². The van der Waals surface area contributed by atoms with Crippen molar-refractivity contribution in [2.45, 2.75) is 17.6 Å². The smallest absolute Gasteiger partial charge is 0.292 e. The fourth-order valence-electron chi connectivity index (χ4n) is 1.90. The molecular formula is C15H16N2O3S. The third-order valence-electron chi connectivity index (χ3n) is 2.88. The number of thioether (sulfide) groups is 1. The Labute approximate surface area is 127 Å². The van der Waals surface area contributed by atoms with Crippen LogP contribution in [0.25, 0.3) is 0 Å². The molecule has 0 heterocycles. The number of hydrogen-bond donors (Lipinski definition) is 2. The molecule has 6 heteroatoms. The predicted molar refractivity (Wildman–Crippen MR) is 84.9 cm³/mol. The van der Waals surface area contributed by atoms with Crippen LogP contribution >= 0.6 is 11.8 Å². The molecule has 0 atom stereocenters. The van der Waals surface area contributed by atoms with Crippen LogP contribution in [-0.2, 0) is 5.75 Å². The van der Waals surface area contributed by atoms with Crippen LogP contribution in [-0.4, -0.2) is 16.6 Å². The van der Waals surface area contributed by atoms with E-state index in [9.17, 15) is 15.2 Å². The lowest BCUT2D eigenvalue weighted by Crippen LogP contribution is -2.01. The van der Waals surface area contributed by atoms with E-state index in [1.807, 2.05) is 19.1 Å². The van der Waals surface area contributed by atoms with Crippen LogP contribution in [0.4, 0.5) is 11.4 Å². The van der Waals surface area contributed by atoms with Gasteiger partial charge in [-0.25, -0.2) is 0 Å². The number of rotatable bonds is 6. The van der Waals surface area contributed by atoms with E-state index in [0.29, 0.717) is 18.0 Å². The van der Waals surface area contributed by atoms with E-state index in [4.69, 9.17) is 0 Å². The number of phenols is 1. The molecule has 0 saturated heterocycles. The van der Waals surface area contributed by atoms with Crippen LogP contribution in [0, 0.1) is 10.1 Å². The first-order valence-electron chi connectivity index (χ1n) is 6.53. The van der Waals surface area contributed by atoms with Gasteiger partial charge in [0.15, 0.2) is 0 Å². The number of nitro benzene ring substituents is 1. The van der Waals surface area contributed by atoms with E-state index >= 15 is 0 Å². The third-order valence-corrected chi connectivity index (χ3v) is 4.02. The van der Waals surface area contributed by atoms with Crippen molar-refractivity contribution in [1.82, 2.24) is 0 Å². The maximum absolute atomic E-state index is 11.0. The van der Waals surface area contributed by atoms with Gasteiger partial charge in [-0.2, -0.15) is 0 Å². The van der Waals surface area contributed by atoms with E-state index in [-0.39, 0.29) is 11.4 Å². The second-order valence-electron chi connectivity index (χ2n) is 4.40. The van der Waals surface area contributed by atoms with Crippen molar-refractivity contribution in [1.29, 1.82) is 0 Å². The normalized spacial score (nSPS) is 10.3. The molecule has 0 radical (unpaired) electrons. The molecule has 110 valence electrons. The second-order valence-corrected chi connectivity index (χ2v) is 5.41. The van der Waals surface area contributed by atoms with E-state index in [1.165, 1.54) is 17.8 Å². The van der Waals surface area contributed by atoms with Gasteiger partial charge >= 0.3 is 0 Å². The average Bonchev–Trinajstić information content (AvgIpc) is 2.46. The number of aromatic hydroxyl groups is 1. The zero-order valence-corrected chi connectivity index (χ0v) is 12.4. The van der Waals surface area contributed by atoms with Crippen LogP contribution in [0.15, 0.2) is 47.4 Å². The molecule has 0 fully saturated rings. The molecule has 21 heavy (non-hydrogen) atoms. The summed E-state index contributed by atoms with van der Waals surface area (Å²) in [5.41, 5.74) is 1.57. The van der Waals surface area contributed by atoms with Gasteiger partial charge in [-0.05, 0) is 30.7 Å². The maximum Gasteiger partial charge on any atom is 0.292 e. The zero-order valence-electron chi connectivity index (χ0n) is 11.6. The monoisotopic (exact) mass is 304 g/mol. The van der Waals surface area contributed by atoms with E-state index < -0.39 is 4.92 Å². The number of nitro groups is 1. The maximum atomic E-state index is 11.0. The lowest BCUT2D eigenvalue weighted by atomic mass is 10.2. The highest BCUT2D eigenvalue weighted by molar-refractivity contribution is 7.98.